The molecule has 16 heavy (non-hydrogen) atoms. The Bertz CT molecular complexity index is 533. The van der Waals surface area contributed by atoms with E-state index in [1.54, 1.807) is 0 Å². The number of H-pyrrole nitrogens is 1. The second kappa shape index (κ2) is 3.65. The topological polar surface area (TPSA) is 92.0 Å². The summed E-state index contributed by atoms with van der Waals surface area (Å²) in [6.45, 7) is 0. The van der Waals surface area contributed by atoms with Crippen molar-refractivity contribution in [2.75, 3.05) is 0 Å². The summed E-state index contributed by atoms with van der Waals surface area (Å²) < 4.78 is 12.7. The van der Waals surface area contributed by atoms with Gasteiger partial charge in [-0.3, -0.25) is 4.79 Å². The molecule has 2 aromatic rings. The van der Waals surface area contributed by atoms with Gasteiger partial charge < -0.3 is 15.8 Å². The molecule has 0 spiro atoms. The van der Waals surface area contributed by atoms with Crippen molar-refractivity contribution < 1.29 is 14.3 Å². The van der Waals surface area contributed by atoms with Gasteiger partial charge in [-0.1, -0.05) is 0 Å². The first-order valence-electron chi connectivity index (χ1n) is 4.42. The van der Waals surface area contributed by atoms with Gasteiger partial charge in [-0.25, -0.2) is 9.37 Å². The van der Waals surface area contributed by atoms with Crippen molar-refractivity contribution in [3.63, 3.8) is 0 Å². The number of nitrogens with zero attached hydrogens (tertiary/aromatic N) is 1. The molecule has 2 rings (SSSR count). The van der Waals surface area contributed by atoms with Gasteiger partial charge in [-0.2, -0.15) is 0 Å². The lowest BCUT2D eigenvalue weighted by atomic mass is 10.2. The third kappa shape index (κ3) is 1.72. The van der Waals surface area contributed by atoms with Crippen LogP contribution in [0.3, 0.4) is 0 Å². The first-order chi connectivity index (χ1) is 7.58. The Morgan fingerprint density at radius 2 is 2.00 bits per heavy atom. The minimum Gasteiger partial charge on any atom is -0.493 e. The normalized spacial score (nSPS) is 10.3. The largest absolute Gasteiger partial charge is 0.493 e. The number of hydrogen-bond donors (Lipinski definition) is 3. The van der Waals surface area contributed by atoms with Crippen LogP contribution in [0.4, 0.5) is 4.39 Å². The van der Waals surface area contributed by atoms with Gasteiger partial charge in [0.15, 0.2) is 5.69 Å². The zero-order chi connectivity index (χ0) is 11.7. The van der Waals surface area contributed by atoms with Gasteiger partial charge in [0.2, 0.25) is 5.88 Å². The van der Waals surface area contributed by atoms with Crippen LogP contribution in [-0.2, 0) is 0 Å². The van der Waals surface area contributed by atoms with Crippen LogP contribution in [0, 0.1) is 5.82 Å². The number of hydrogen-bond acceptors (Lipinski definition) is 3. The molecule has 4 N–H and O–H groups in total. The fourth-order valence-electron chi connectivity index (χ4n) is 1.28. The van der Waals surface area contributed by atoms with Crippen molar-refractivity contribution in [2.45, 2.75) is 0 Å². The number of aromatic nitrogens is 2. The van der Waals surface area contributed by atoms with Gasteiger partial charge in [0, 0.05) is 5.56 Å². The third-order valence-corrected chi connectivity index (χ3v) is 2.04. The number of rotatable bonds is 2. The molecule has 0 atom stereocenters. The molecule has 1 heterocycles. The third-order valence-electron chi connectivity index (χ3n) is 2.04. The molecule has 0 saturated carbocycles. The number of carbonyl (C=O) groups is 1. The molecule has 0 bridgehead atoms. The summed E-state index contributed by atoms with van der Waals surface area (Å²) in [5, 5.41) is 9.32. The molecular weight excluding hydrogens is 213 g/mol. The van der Waals surface area contributed by atoms with E-state index >= 15 is 0 Å². The van der Waals surface area contributed by atoms with Crippen LogP contribution in [0.2, 0.25) is 0 Å². The first-order valence-corrected chi connectivity index (χ1v) is 4.42. The lowest BCUT2D eigenvalue weighted by molar-refractivity contribution is 0.0993. The fraction of sp³-hybridized carbons (Fsp3) is 0. The first kappa shape index (κ1) is 10.2. The minimum absolute atomic E-state index is 0.237. The average Bonchev–Trinajstić information content (AvgIpc) is 2.61. The second-order valence-corrected chi connectivity index (χ2v) is 3.15. The van der Waals surface area contributed by atoms with Gasteiger partial charge in [-0.15, -0.1) is 0 Å². The molecule has 82 valence electrons. The Balaban J connectivity index is 2.45. The number of primary amides is 1. The summed E-state index contributed by atoms with van der Waals surface area (Å²) in [6, 6.07) is 5.44. The van der Waals surface area contributed by atoms with Crippen LogP contribution < -0.4 is 5.73 Å². The van der Waals surface area contributed by atoms with Crippen LogP contribution in [0.15, 0.2) is 24.3 Å². The van der Waals surface area contributed by atoms with E-state index in [4.69, 9.17) is 5.73 Å². The van der Waals surface area contributed by atoms with Gasteiger partial charge >= 0.3 is 0 Å². The standard InChI is InChI=1S/C10H8FN3O2/c11-6-3-1-5(2-4-6)9-13-7(8(12)15)10(16)14-9/h1-4,16H,(H2,12,15)(H,13,14). The van der Waals surface area contributed by atoms with Gasteiger partial charge in [0.05, 0.1) is 0 Å². The number of aromatic hydroxyl groups is 1. The highest BCUT2D eigenvalue weighted by Gasteiger charge is 2.14. The van der Waals surface area contributed by atoms with Crippen molar-refractivity contribution in [1.29, 1.82) is 0 Å². The van der Waals surface area contributed by atoms with E-state index in [2.05, 4.69) is 9.97 Å². The van der Waals surface area contributed by atoms with E-state index < -0.39 is 11.8 Å². The highest BCUT2D eigenvalue weighted by molar-refractivity contribution is 5.93. The van der Waals surface area contributed by atoms with Crippen LogP contribution in [-0.4, -0.2) is 21.0 Å². The monoisotopic (exact) mass is 221 g/mol. The predicted molar refractivity (Wildman–Crippen MR) is 54.2 cm³/mol. The maximum Gasteiger partial charge on any atom is 0.272 e. The zero-order valence-electron chi connectivity index (χ0n) is 8.07. The Labute approximate surface area is 89.7 Å². The maximum atomic E-state index is 12.7. The van der Waals surface area contributed by atoms with E-state index in [0.29, 0.717) is 5.56 Å². The van der Waals surface area contributed by atoms with E-state index in [1.807, 2.05) is 0 Å². The number of nitrogens with two attached hydrogens (primary N) is 1. The molecule has 0 saturated heterocycles. The number of carbonyl (C=O) groups excluding carboxylic acids is 1. The molecule has 1 aromatic carbocycles. The summed E-state index contributed by atoms with van der Waals surface area (Å²) in [5.74, 6) is -1.35. The lowest BCUT2D eigenvalue weighted by Crippen LogP contribution is -2.11. The van der Waals surface area contributed by atoms with E-state index in [1.165, 1.54) is 24.3 Å². The van der Waals surface area contributed by atoms with Crippen LogP contribution in [0.1, 0.15) is 10.5 Å². The summed E-state index contributed by atoms with van der Waals surface area (Å²) in [5.41, 5.74) is 5.30. The lowest BCUT2D eigenvalue weighted by Gasteiger charge is -1.94. The molecule has 6 heteroatoms. The Morgan fingerprint density at radius 1 is 1.38 bits per heavy atom. The molecular formula is C10H8FN3O2. The molecule has 1 amide bonds. The minimum atomic E-state index is -0.831. The molecule has 0 aliphatic heterocycles. The SMILES string of the molecule is NC(=O)c1nc(-c2ccc(F)cc2)[nH]c1O. The zero-order valence-corrected chi connectivity index (χ0v) is 8.07. The number of amides is 1. The molecule has 0 fully saturated rings. The van der Waals surface area contributed by atoms with E-state index in [9.17, 15) is 14.3 Å². The predicted octanol–water partition coefficient (Wildman–Crippen LogP) is 1.02. The Kier molecular flexibility index (Phi) is 2.32. The highest BCUT2D eigenvalue weighted by Crippen LogP contribution is 2.21. The van der Waals surface area contributed by atoms with E-state index in [-0.39, 0.29) is 17.3 Å². The fourth-order valence-corrected chi connectivity index (χ4v) is 1.28. The highest BCUT2D eigenvalue weighted by atomic mass is 19.1. The van der Waals surface area contributed by atoms with Crippen LogP contribution >= 0.6 is 0 Å². The van der Waals surface area contributed by atoms with Crippen molar-refractivity contribution in [1.82, 2.24) is 9.97 Å². The number of benzene rings is 1. The van der Waals surface area contributed by atoms with Gasteiger partial charge in [0.1, 0.15) is 11.6 Å². The summed E-state index contributed by atoms with van der Waals surface area (Å²) in [7, 11) is 0. The molecule has 0 aliphatic carbocycles. The second-order valence-electron chi connectivity index (χ2n) is 3.15. The smallest absolute Gasteiger partial charge is 0.272 e. The molecule has 5 nitrogen and oxygen atoms in total. The van der Waals surface area contributed by atoms with Gasteiger partial charge in [-0.05, 0) is 24.3 Å². The van der Waals surface area contributed by atoms with Crippen molar-refractivity contribution in [3.05, 3.63) is 35.8 Å². The number of aromatic amines is 1. The Morgan fingerprint density at radius 3 is 2.50 bits per heavy atom. The summed E-state index contributed by atoms with van der Waals surface area (Å²) in [4.78, 5) is 17.1. The molecule has 0 radical (unpaired) electrons. The molecule has 0 unspecified atom stereocenters. The van der Waals surface area contributed by atoms with Crippen molar-refractivity contribution >= 4 is 5.91 Å². The molecule has 1 aromatic heterocycles. The number of nitrogens with one attached hydrogen (secondary N) is 1. The van der Waals surface area contributed by atoms with Crippen LogP contribution in [0.5, 0.6) is 5.88 Å². The van der Waals surface area contributed by atoms with Crippen molar-refractivity contribution in [3.8, 4) is 17.3 Å². The maximum absolute atomic E-state index is 12.7. The van der Waals surface area contributed by atoms with E-state index in [0.717, 1.165) is 0 Å². The summed E-state index contributed by atoms with van der Waals surface area (Å²) in [6.07, 6.45) is 0. The Hall–Kier alpha value is -2.37. The summed E-state index contributed by atoms with van der Waals surface area (Å²) >= 11 is 0. The molecule has 0 aliphatic rings. The van der Waals surface area contributed by atoms with Crippen molar-refractivity contribution in [2.24, 2.45) is 5.73 Å². The average molecular weight is 221 g/mol. The number of halogens is 1. The quantitative estimate of drug-likeness (QED) is 0.706. The number of imidazole rings is 1. The van der Waals surface area contributed by atoms with Crippen LogP contribution in [0.25, 0.3) is 11.4 Å². The van der Waals surface area contributed by atoms with Gasteiger partial charge in [0.25, 0.3) is 5.91 Å².